The van der Waals surface area contributed by atoms with Gasteiger partial charge in [0.1, 0.15) is 36.6 Å². The Morgan fingerprint density at radius 3 is 2.20 bits per heavy atom. The van der Waals surface area contributed by atoms with E-state index in [1.165, 1.54) is 33.0 Å². The van der Waals surface area contributed by atoms with E-state index in [1.807, 2.05) is 0 Å². The van der Waals surface area contributed by atoms with Crippen molar-refractivity contribution < 1.29 is 49.0 Å². The molecule has 2 saturated heterocycles. The summed E-state index contributed by atoms with van der Waals surface area (Å²) in [6.07, 6.45) is -11.3. The Morgan fingerprint density at radius 1 is 1.07 bits per heavy atom. The van der Waals surface area contributed by atoms with Gasteiger partial charge in [-0.2, -0.15) is 0 Å². The number of carbonyl (C=O) groups is 2. The molecule has 0 radical (unpaired) electrons. The van der Waals surface area contributed by atoms with Gasteiger partial charge in [0.2, 0.25) is 5.91 Å². The summed E-state index contributed by atoms with van der Waals surface area (Å²) in [4.78, 5) is 25.4. The molecule has 0 spiro atoms. The largest absolute Gasteiger partial charge is 0.394 e. The van der Waals surface area contributed by atoms with Gasteiger partial charge in [0.05, 0.1) is 18.8 Å². The molecule has 2 fully saturated rings. The van der Waals surface area contributed by atoms with E-state index in [1.54, 1.807) is 6.92 Å². The normalized spacial score (nSPS) is 41.9. The summed E-state index contributed by atoms with van der Waals surface area (Å²) >= 11 is 0. The third-order valence-electron chi connectivity index (χ3n) is 5.31. The SMILES string of the molecule is CO[C@@H]1C(C(=O)N(C)C)O[C@@H](OC2[C@H](O)C(CO)O[C@@H](C)[C@H]2NC(C)=O)[C@@H](O)C1O. The second kappa shape index (κ2) is 10.3. The molecule has 0 aromatic heterocycles. The predicted molar refractivity (Wildman–Crippen MR) is 100 cm³/mol. The monoisotopic (exact) mass is 436 g/mol. The molecular formula is C18H32N2O10. The molecule has 0 bridgehead atoms. The highest BCUT2D eigenvalue weighted by Gasteiger charge is 2.52. The molecule has 5 N–H and O–H groups in total. The number of amides is 2. The molecular weight excluding hydrogens is 404 g/mol. The number of aliphatic hydroxyl groups is 4. The fourth-order valence-electron chi connectivity index (χ4n) is 3.70. The minimum atomic E-state index is -1.61. The van der Waals surface area contributed by atoms with Gasteiger partial charge in [-0.1, -0.05) is 0 Å². The van der Waals surface area contributed by atoms with Crippen molar-refractivity contribution in [2.24, 2.45) is 0 Å². The Hall–Kier alpha value is -1.38. The quantitative estimate of drug-likeness (QED) is 0.283. The zero-order chi connectivity index (χ0) is 22.7. The Morgan fingerprint density at radius 2 is 1.70 bits per heavy atom. The van der Waals surface area contributed by atoms with Crippen LogP contribution in [0, 0.1) is 0 Å². The number of nitrogens with zero attached hydrogens (tertiary/aromatic N) is 1. The lowest BCUT2D eigenvalue weighted by molar-refractivity contribution is -0.326. The van der Waals surface area contributed by atoms with Gasteiger partial charge in [0.25, 0.3) is 5.91 Å². The van der Waals surface area contributed by atoms with Crippen molar-refractivity contribution in [1.82, 2.24) is 10.2 Å². The van der Waals surface area contributed by atoms with Gasteiger partial charge in [-0.3, -0.25) is 9.59 Å². The lowest BCUT2D eigenvalue weighted by Crippen LogP contribution is -2.68. The molecule has 2 aliphatic rings. The number of ether oxygens (including phenoxy) is 4. The molecule has 12 nitrogen and oxygen atoms in total. The summed E-state index contributed by atoms with van der Waals surface area (Å²) in [5, 5.41) is 43.7. The number of carbonyl (C=O) groups excluding carboxylic acids is 2. The molecule has 0 aromatic rings. The number of rotatable bonds is 6. The van der Waals surface area contributed by atoms with Crippen LogP contribution in [0.5, 0.6) is 0 Å². The highest BCUT2D eigenvalue weighted by molar-refractivity contribution is 5.81. The Kier molecular flexibility index (Phi) is 8.53. The van der Waals surface area contributed by atoms with Crippen LogP contribution in [0.3, 0.4) is 0 Å². The van der Waals surface area contributed by atoms with E-state index < -0.39 is 79.6 Å². The lowest BCUT2D eigenvalue weighted by atomic mass is 9.92. The Balaban J connectivity index is 2.30. The summed E-state index contributed by atoms with van der Waals surface area (Å²) < 4.78 is 22.1. The fraction of sp³-hybridized carbons (Fsp3) is 0.889. The maximum absolute atomic E-state index is 12.5. The third-order valence-corrected chi connectivity index (χ3v) is 5.31. The number of nitrogens with one attached hydrogen (secondary N) is 1. The first-order valence-corrected chi connectivity index (χ1v) is 9.65. The molecule has 4 unspecified atom stereocenters. The van der Waals surface area contributed by atoms with Crippen molar-refractivity contribution in [2.45, 2.75) is 75.0 Å². The highest BCUT2D eigenvalue weighted by atomic mass is 16.7. The smallest absolute Gasteiger partial charge is 0.254 e. The summed E-state index contributed by atoms with van der Waals surface area (Å²) in [7, 11) is 4.26. The Labute approximate surface area is 174 Å². The number of likely N-dealkylation sites (N-methyl/N-ethyl adjacent to an activating group) is 1. The zero-order valence-corrected chi connectivity index (χ0v) is 17.7. The van der Waals surface area contributed by atoms with Gasteiger partial charge in [-0.25, -0.2) is 0 Å². The van der Waals surface area contributed by atoms with Crippen molar-refractivity contribution in [3.05, 3.63) is 0 Å². The van der Waals surface area contributed by atoms with Gasteiger partial charge >= 0.3 is 0 Å². The van der Waals surface area contributed by atoms with Gasteiger partial charge < -0.3 is 49.6 Å². The first-order valence-electron chi connectivity index (χ1n) is 9.65. The van der Waals surface area contributed by atoms with E-state index in [-0.39, 0.29) is 0 Å². The van der Waals surface area contributed by atoms with Crippen molar-refractivity contribution in [3.63, 3.8) is 0 Å². The maximum Gasteiger partial charge on any atom is 0.254 e. The predicted octanol–water partition coefficient (Wildman–Crippen LogP) is -3.43. The average Bonchev–Trinajstić information content (AvgIpc) is 2.69. The minimum Gasteiger partial charge on any atom is -0.394 e. The van der Waals surface area contributed by atoms with Crippen molar-refractivity contribution >= 4 is 11.8 Å². The van der Waals surface area contributed by atoms with Crippen LogP contribution in [0.25, 0.3) is 0 Å². The van der Waals surface area contributed by atoms with E-state index >= 15 is 0 Å². The Bertz CT molecular complexity index is 606. The van der Waals surface area contributed by atoms with Crippen LogP contribution in [0.4, 0.5) is 0 Å². The molecule has 10 atom stereocenters. The van der Waals surface area contributed by atoms with Crippen molar-refractivity contribution in [1.29, 1.82) is 0 Å². The summed E-state index contributed by atoms with van der Waals surface area (Å²) in [5.41, 5.74) is 0. The molecule has 0 aliphatic carbocycles. The zero-order valence-electron chi connectivity index (χ0n) is 17.7. The molecule has 174 valence electrons. The van der Waals surface area contributed by atoms with Crippen molar-refractivity contribution in [2.75, 3.05) is 27.8 Å². The second-order valence-corrected chi connectivity index (χ2v) is 7.72. The van der Waals surface area contributed by atoms with Crippen LogP contribution < -0.4 is 5.32 Å². The molecule has 2 heterocycles. The van der Waals surface area contributed by atoms with E-state index in [0.29, 0.717) is 0 Å². The van der Waals surface area contributed by atoms with Gasteiger partial charge in [-0.05, 0) is 6.92 Å². The van der Waals surface area contributed by atoms with Gasteiger partial charge in [-0.15, -0.1) is 0 Å². The van der Waals surface area contributed by atoms with E-state index in [0.717, 1.165) is 0 Å². The highest BCUT2D eigenvalue weighted by Crippen LogP contribution is 2.30. The molecule has 0 aromatic carbocycles. The average molecular weight is 436 g/mol. The number of aliphatic hydroxyl groups excluding tert-OH is 4. The molecule has 0 saturated carbocycles. The van der Waals surface area contributed by atoms with Crippen LogP contribution in [0.1, 0.15) is 13.8 Å². The molecule has 12 heteroatoms. The molecule has 2 rings (SSSR count). The second-order valence-electron chi connectivity index (χ2n) is 7.72. The van der Waals surface area contributed by atoms with Crippen LogP contribution in [0.2, 0.25) is 0 Å². The summed E-state index contributed by atoms with van der Waals surface area (Å²) in [6, 6.07) is -0.851. The lowest BCUT2D eigenvalue weighted by Gasteiger charge is -2.47. The van der Waals surface area contributed by atoms with Gasteiger partial charge in [0, 0.05) is 28.1 Å². The van der Waals surface area contributed by atoms with E-state index in [4.69, 9.17) is 18.9 Å². The molecule has 2 amide bonds. The first kappa shape index (κ1) is 24.9. The number of hydrogen-bond acceptors (Lipinski definition) is 10. The van der Waals surface area contributed by atoms with Crippen molar-refractivity contribution in [3.8, 4) is 0 Å². The fourth-order valence-corrected chi connectivity index (χ4v) is 3.70. The molecule has 30 heavy (non-hydrogen) atoms. The van der Waals surface area contributed by atoms with E-state index in [2.05, 4.69) is 5.32 Å². The standard InChI is InChI=1S/C18H32N2O10/c1-7-10(19-8(2)22)14(11(23)9(6-21)28-7)29-18-13(25)12(24)15(27-5)16(30-18)17(26)20(3)4/h7,9-16,18,21,23-25H,6H2,1-5H3,(H,19,22)/t7-,9?,10+,11+,12?,13-,14?,15-,16?,18+/m0/s1. The van der Waals surface area contributed by atoms with Crippen LogP contribution >= 0.6 is 0 Å². The first-order chi connectivity index (χ1) is 14.0. The third kappa shape index (κ3) is 5.08. The topological polar surface area (TPSA) is 167 Å². The summed E-state index contributed by atoms with van der Waals surface area (Å²) in [5.74, 6) is -0.933. The maximum atomic E-state index is 12.5. The van der Waals surface area contributed by atoms with E-state index in [9.17, 15) is 30.0 Å². The molecule has 2 aliphatic heterocycles. The minimum absolute atomic E-state index is 0.413. The van der Waals surface area contributed by atoms with Crippen LogP contribution in [-0.2, 0) is 28.5 Å². The van der Waals surface area contributed by atoms with Crippen LogP contribution in [0.15, 0.2) is 0 Å². The summed E-state index contributed by atoms with van der Waals surface area (Å²) in [6.45, 7) is 2.39. The van der Waals surface area contributed by atoms with Gasteiger partial charge in [0.15, 0.2) is 12.4 Å². The number of hydrogen-bond donors (Lipinski definition) is 5. The number of methoxy groups -OCH3 is 1. The van der Waals surface area contributed by atoms with Crippen LogP contribution in [-0.4, -0.2) is 126 Å².